The normalized spacial score (nSPS) is 18.0. The molecule has 2 aromatic rings. The molecule has 21 heavy (non-hydrogen) atoms. The van der Waals surface area contributed by atoms with Crippen LogP contribution in [0.15, 0.2) is 34.5 Å². The lowest BCUT2D eigenvalue weighted by Crippen LogP contribution is -2.35. The van der Waals surface area contributed by atoms with Gasteiger partial charge in [-0.25, -0.2) is 8.42 Å². The maximum absolute atomic E-state index is 13.0. The molecule has 1 aromatic carbocycles. The minimum atomic E-state index is -3.52. The van der Waals surface area contributed by atoms with Crippen molar-refractivity contribution in [3.05, 3.63) is 46.3 Å². The summed E-state index contributed by atoms with van der Waals surface area (Å²) in [6, 6.07) is 9.37. The summed E-state index contributed by atoms with van der Waals surface area (Å²) in [4.78, 5) is 0.925. The Morgan fingerprint density at radius 2 is 2.10 bits per heavy atom. The molecular formula is C15H18N2O2S2. The van der Waals surface area contributed by atoms with E-state index in [0.29, 0.717) is 10.8 Å². The van der Waals surface area contributed by atoms with E-state index >= 15 is 0 Å². The van der Waals surface area contributed by atoms with Gasteiger partial charge in [-0.3, -0.25) is 4.31 Å². The van der Waals surface area contributed by atoms with Crippen molar-refractivity contribution in [2.75, 3.05) is 4.31 Å². The monoisotopic (exact) mass is 322 g/mol. The molecular weight excluding hydrogens is 304 g/mol. The lowest BCUT2D eigenvalue weighted by Gasteiger charge is -2.23. The summed E-state index contributed by atoms with van der Waals surface area (Å²) >= 11 is 1.28. The molecule has 2 N–H and O–H groups in total. The third-order valence-corrected chi connectivity index (χ3v) is 7.48. The Labute approximate surface area is 129 Å². The third-order valence-electron chi connectivity index (χ3n) is 3.84. The van der Waals surface area contributed by atoms with Gasteiger partial charge in [0.05, 0.1) is 5.69 Å². The number of thiophene rings is 1. The Hall–Kier alpha value is -1.37. The molecule has 1 unspecified atom stereocenters. The molecule has 0 saturated carbocycles. The number of nitrogens with zero attached hydrogens (tertiary/aromatic N) is 1. The molecule has 6 heteroatoms. The van der Waals surface area contributed by atoms with Crippen molar-refractivity contribution >= 4 is 27.0 Å². The van der Waals surface area contributed by atoms with Crippen LogP contribution < -0.4 is 10.0 Å². The number of nitrogens with two attached hydrogens (primary N) is 1. The molecule has 3 rings (SSSR count). The molecule has 0 aliphatic carbocycles. The second kappa shape index (κ2) is 5.12. The van der Waals surface area contributed by atoms with Crippen LogP contribution in [0, 0.1) is 6.92 Å². The van der Waals surface area contributed by atoms with Crippen molar-refractivity contribution in [1.29, 1.82) is 0 Å². The fourth-order valence-corrected chi connectivity index (χ4v) is 6.07. The molecule has 112 valence electrons. The van der Waals surface area contributed by atoms with E-state index in [9.17, 15) is 8.42 Å². The van der Waals surface area contributed by atoms with Crippen molar-refractivity contribution in [3.63, 3.8) is 0 Å². The van der Waals surface area contributed by atoms with Gasteiger partial charge in [-0.15, -0.1) is 11.3 Å². The van der Waals surface area contributed by atoms with E-state index < -0.39 is 10.0 Å². The molecule has 0 radical (unpaired) electrons. The standard InChI is InChI=1S/C15H18N2O2S2/c1-10-7-15(20-14(10)9-16)21(18,19)17-11(2)8-12-5-3-4-6-13(12)17/h3-7,11H,8-9,16H2,1-2H3. The Bertz CT molecular complexity index is 781. The highest BCUT2D eigenvalue weighted by Crippen LogP contribution is 2.38. The maximum Gasteiger partial charge on any atom is 0.274 e. The van der Waals surface area contributed by atoms with Crippen molar-refractivity contribution < 1.29 is 8.42 Å². The van der Waals surface area contributed by atoms with Gasteiger partial charge in [-0.2, -0.15) is 0 Å². The first-order valence-corrected chi connectivity index (χ1v) is 9.12. The summed E-state index contributed by atoms with van der Waals surface area (Å²) in [5.74, 6) is 0. The van der Waals surface area contributed by atoms with E-state index in [1.54, 1.807) is 10.4 Å². The van der Waals surface area contributed by atoms with Gasteiger partial charge in [-0.05, 0) is 43.5 Å². The molecule has 0 amide bonds. The number of sulfonamides is 1. The van der Waals surface area contributed by atoms with Gasteiger partial charge in [0.2, 0.25) is 0 Å². The fraction of sp³-hybridized carbons (Fsp3) is 0.333. The van der Waals surface area contributed by atoms with Crippen molar-refractivity contribution in [3.8, 4) is 0 Å². The van der Waals surface area contributed by atoms with E-state index in [-0.39, 0.29) is 6.04 Å². The predicted molar refractivity (Wildman–Crippen MR) is 86.2 cm³/mol. The van der Waals surface area contributed by atoms with Crippen LogP contribution in [0.3, 0.4) is 0 Å². The molecule has 4 nitrogen and oxygen atoms in total. The first-order valence-electron chi connectivity index (χ1n) is 6.87. The lowest BCUT2D eigenvalue weighted by atomic mass is 10.1. The third kappa shape index (κ3) is 2.27. The Morgan fingerprint density at radius 3 is 2.76 bits per heavy atom. The highest BCUT2D eigenvalue weighted by molar-refractivity contribution is 7.94. The van der Waals surface area contributed by atoms with Gasteiger partial charge >= 0.3 is 0 Å². The molecule has 0 bridgehead atoms. The Balaban J connectivity index is 2.10. The van der Waals surface area contributed by atoms with Crippen LogP contribution in [-0.2, 0) is 23.0 Å². The molecule has 0 saturated heterocycles. The molecule has 1 atom stereocenters. The first kappa shape index (κ1) is 14.6. The highest BCUT2D eigenvalue weighted by Gasteiger charge is 2.36. The predicted octanol–water partition coefficient (Wildman–Crippen LogP) is 2.66. The summed E-state index contributed by atoms with van der Waals surface area (Å²) in [5.41, 5.74) is 8.49. The Kier molecular flexibility index (Phi) is 3.55. The highest BCUT2D eigenvalue weighted by atomic mass is 32.2. The molecule has 1 aromatic heterocycles. The van der Waals surface area contributed by atoms with Crippen molar-refractivity contribution in [2.45, 2.75) is 37.1 Å². The van der Waals surface area contributed by atoms with Crippen LogP contribution in [0.5, 0.6) is 0 Å². The second-order valence-electron chi connectivity index (χ2n) is 5.36. The summed E-state index contributed by atoms with van der Waals surface area (Å²) < 4.78 is 27.9. The molecule has 1 aliphatic rings. The van der Waals surface area contributed by atoms with Crippen LogP contribution in [0.4, 0.5) is 5.69 Å². The summed E-state index contributed by atoms with van der Waals surface area (Å²) in [6.45, 7) is 4.22. The smallest absolute Gasteiger partial charge is 0.274 e. The van der Waals surface area contributed by atoms with E-state index in [4.69, 9.17) is 5.73 Å². The van der Waals surface area contributed by atoms with Gasteiger partial charge < -0.3 is 5.73 Å². The zero-order chi connectivity index (χ0) is 15.2. The average molecular weight is 322 g/mol. The van der Waals surface area contributed by atoms with E-state index in [1.165, 1.54) is 11.3 Å². The SMILES string of the molecule is Cc1cc(S(=O)(=O)N2c3ccccc3CC2C)sc1CN. The fourth-order valence-electron chi connectivity index (χ4n) is 2.82. The summed E-state index contributed by atoms with van der Waals surface area (Å²) in [6.07, 6.45) is 0.753. The number of fused-ring (bicyclic) bond motifs is 1. The van der Waals surface area contributed by atoms with Crippen LogP contribution >= 0.6 is 11.3 Å². The van der Waals surface area contributed by atoms with Crippen LogP contribution in [-0.4, -0.2) is 14.5 Å². The van der Waals surface area contributed by atoms with E-state index in [0.717, 1.165) is 28.1 Å². The number of hydrogen-bond donors (Lipinski definition) is 1. The Morgan fingerprint density at radius 1 is 1.38 bits per heavy atom. The lowest BCUT2D eigenvalue weighted by molar-refractivity contribution is 0.586. The topological polar surface area (TPSA) is 63.4 Å². The molecule has 0 fully saturated rings. The number of para-hydroxylation sites is 1. The van der Waals surface area contributed by atoms with Gasteiger partial charge in [0.25, 0.3) is 10.0 Å². The van der Waals surface area contributed by atoms with Crippen molar-refractivity contribution in [1.82, 2.24) is 0 Å². The van der Waals surface area contributed by atoms with Crippen LogP contribution in [0.2, 0.25) is 0 Å². The number of benzene rings is 1. The van der Waals surface area contributed by atoms with Crippen LogP contribution in [0.1, 0.15) is 22.9 Å². The zero-order valence-electron chi connectivity index (χ0n) is 12.0. The molecule has 2 heterocycles. The summed E-state index contributed by atoms with van der Waals surface area (Å²) in [5, 5.41) is 0. The second-order valence-corrected chi connectivity index (χ2v) is 8.54. The van der Waals surface area contributed by atoms with E-state index in [2.05, 4.69) is 0 Å². The van der Waals surface area contributed by atoms with Gasteiger partial charge in [0.1, 0.15) is 4.21 Å². The quantitative estimate of drug-likeness (QED) is 0.945. The largest absolute Gasteiger partial charge is 0.326 e. The molecule has 0 spiro atoms. The number of anilines is 1. The average Bonchev–Trinajstić information content (AvgIpc) is 2.98. The van der Waals surface area contributed by atoms with Gasteiger partial charge in [0, 0.05) is 17.5 Å². The van der Waals surface area contributed by atoms with E-state index in [1.807, 2.05) is 38.1 Å². The van der Waals surface area contributed by atoms with Crippen LogP contribution in [0.25, 0.3) is 0 Å². The van der Waals surface area contributed by atoms with Crippen molar-refractivity contribution in [2.24, 2.45) is 5.73 Å². The number of rotatable bonds is 3. The van der Waals surface area contributed by atoms with Gasteiger partial charge in [0.15, 0.2) is 0 Å². The first-order chi connectivity index (χ1) is 9.95. The molecule has 1 aliphatic heterocycles. The number of hydrogen-bond acceptors (Lipinski definition) is 4. The minimum Gasteiger partial charge on any atom is -0.326 e. The maximum atomic E-state index is 13.0. The summed E-state index contributed by atoms with van der Waals surface area (Å²) in [7, 11) is -3.52. The zero-order valence-corrected chi connectivity index (χ0v) is 13.7. The minimum absolute atomic E-state index is 0.0591. The number of aryl methyl sites for hydroxylation is 1. The van der Waals surface area contributed by atoms with Gasteiger partial charge in [-0.1, -0.05) is 18.2 Å².